The Labute approximate surface area is 116 Å². The molecule has 1 saturated carbocycles. The molecule has 3 rings (SSSR count). The zero-order valence-corrected chi connectivity index (χ0v) is 11.9. The molecule has 0 aliphatic heterocycles. The summed E-state index contributed by atoms with van der Waals surface area (Å²) in [5.41, 5.74) is 3.14. The minimum atomic E-state index is 0.429. The molecule has 1 aromatic carbocycles. The van der Waals surface area contributed by atoms with Gasteiger partial charge in [-0.15, -0.1) is 0 Å². The van der Waals surface area contributed by atoms with Crippen LogP contribution in [0.15, 0.2) is 24.3 Å². The number of hydrogen-bond acceptors (Lipinski definition) is 2. The summed E-state index contributed by atoms with van der Waals surface area (Å²) in [5, 5.41) is 3.77. The number of aryl methyl sites for hydroxylation is 1. The lowest BCUT2D eigenvalue weighted by molar-refractivity contribution is 0.0846. The average molecular weight is 259 g/mol. The summed E-state index contributed by atoms with van der Waals surface area (Å²) in [6, 6.07) is 9.55. The maximum atomic E-state index is 5.57. The van der Waals surface area contributed by atoms with Crippen LogP contribution in [0, 0.1) is 0 Å². The van der Waals surface area contributed by atoms with E-state index in [0.29, 0.717) is 18.1 Å². The molecule has 1 aromatic rings. The molecule has 0 heterocycles. The molecule has 0 bridgehead atoms. The van der Waals surface area contributed by atoms with E-state index in [1.165, 1.54) is 38.5 Å². The first-order valence-electron chi connectivity index (χ1n) is 7.72. The van der Waals surface area contributed by atoms with Crippen molar-refractivity contribution in [3.63, 3.8) is 0 Å². The second-order valence-corrected chi connectivity index (χ2v) is 6.01. The van der Waals surface area contributed by atoms with Gasteiger partial charge in [0.25, 0.3) is 0 Å². The Bertz CT molecular complexity index is 417. The molecule has 19 heavy (non-hydrogen) atoms. The summed E-state index contributed by atoms with van der Waals surface area (Å²) in [6.07, 6.45) is 8.14. The van der Waals surface area contributed by atoms with E-state index >= 15 is 0 Å². The van der Waals surface area contributed by atoms with E-state index in [1.807, 2.05) is 7.11 Å². The predicted molar refractivity (Wildman–Crippen MR) is 78.6 cm³/mol. The van der Waals surface area contributed by atoms with Gasteiger partial charge in [-0.3, -0.25) is 0 Å². The fourth-order valence-corrected chi connectivity index (χ4v) is 3.80. The number of ether oxygens (including phenoxy) is 1. The molecule has 3 atom stereocenters. The van der Waals surface area contributed by atoms with Gasteiger partial charge in [-0.25, -0.2) is 0 Å². The van der Waals surface area contributed by atoms with Gasteiger partial charge >= 0.3 is 0 Å². The summed E-state index contributed by atoms with van der Waals surface area (Å²) in [5.74, 6) is 0.697. The molecule has 1 N–H and O–H groups in total. The van der Waals surface area contributed by atoms with Crippen LogP contribution in [0.25, 0.3) is 0 Å². The van der Waals surface area contributed by atoms with Crippen LogP contribution in [0.1, 0.15) is 49.1 Å². The molecule has 0 radical (unpaired) electrons. The van der Waals surface area contributed by atoms with Gasteiger partial charge in [0.1, 0.15) is 0 Å². The van der Waals surface area contributed by atoms with Crippen molar-refractivity contribution in [2.45, 2.75) is 56.6 Å². The van der Waals surface area contributed by atoms with Gasteiger partial charge in [-0.2, -0.15) is 0 Å². The lowest BCUT2D eigenvalue weighted by Gasteiger charge is -2.28. The Morgan fingerprint density at radius 3 is 2.95 bits per heavy atom. The zero-order valence-electron chi connectivity index (χ0n) is 11.9. The molecule has 3 unspecified atom stereocenters. The van der Waals surface area contributed by atoms with E-state index in [-0.39, 0.29) is 0 Å². The van der Waals surface area contributed by atoms with Crippen LogP contribution < -0.4 is 5.32 Å². The van der Waals surface area contributed by atoms with Crippen molar-refractivity contribution in [3.8, 4) is 0 Å². The summed E-state index contributed by atoms with van der Waals surface area (Å²) < 4.78 is 5.57. The van der Waals surface area contributed by atoms with Crippen LogP contribution in [0.3, 0.4) is 0 Å². The van der Waals surface area contributed by atoms with Crippen molar-refractivity contribution in [2.75, 3.05) is 13.7 Å². The van der Waals surface area contributed by atoms with Gasteiger partial charge < -0.3 is 10.1 Å². The van der Waals surface area contributed by atoms with Crippen LogP contribution in [0.4, 0.5) is 0 Å². The first-order chi connectivity index (χ1) is 9.38. The van der Waals surface area contributed by atoms with Crippen LogP contribution in [0.2, 0.25) is 0 Å². The summed E-state index contributed by atoms with van der Waals surface area (Å²) in [6.45, 7) is 1.11. The third kappa shape index (κ3) is 2.85. The van der Waals surface area contributed by atoms with Gasteiger partial charge in [-0.05, 0) is 55.6 Å². The van der Waals surface area contributed by atoms with Crippen molar-refractivity contribution < 1.29 is 4.74 Å². The smallest absolute Gasteiger partial charge is 0.0724 e. The van der Waals surface area contributed by atoms with E-state index in [2.05, 4.69) is 29.6 Å². The minimum Gasteiger partial charge on any atom is -0.380 e. The van der Waals surface area contributed by atoms with Crippen LogP contribution in [0.5, 0.6) is 0 Å². The molecule has 0 aromatic heterocycles. The zero-order chi connectivity index (χ0) is 13.1. The van der Waals surface area contributed by atoms with E-state index in [0.717, 1.165) is 6.54 Å². The maximum absolute atomic E-state index is 5.57. The van der Waals surface area contributed by atoms with Crippen LogP contribution >= 0.6 is 0 Å². The topological polar surface area (TPSA) is 21.3 Å². The highest BCUT2D eigenvalue weighted by atomic mass is 16.5. The molecule has 2 aliphatic rings. The Hall–Kier alpha value is -0.860. The number of rotatable bonds is 4. The predicted octanol–water partition coefficient (Wildman–Crippen LogP) is 3.26. The monoisotopic (exact) mass is 259 g/mol. The summed E-state index contributed by atoms with van der Waals surface area (Å²) in [4.78, 5) is 0. The molecule has 104 valence electrons. The molecule has 0 amide bonds. The largest absolute Gasteiger partial charge is 0.380 e. The number of fused-ring (bicyclic) bond motifs is 1. The van der Waals surface area contributed by atoms with E-state index in [9.17, 15) is 0 Å². The minimum absolute atomic E-state index is 0.429. The molecule has 0 spiro atoms. The van der Waals surface area contributed by atoms with Gasteiger partial charge in [0, 0.05) is 19.7 Å². The Kier molecular flexibility index (Phi) is 4.19. The molecular weight excluding hydrogens is 234 g/mol. The Balaban J connectivity index is 1.62. The average Bonchev–Trinajstić information content (AvgIpc) is 2.92. The lowest BCUT2D eigenvalue weighted by atomic mass is 9.83. The van der Waals surface area contributed by atoms with Gasteiger partial charge in [0.15, 0.2) is 0 Å². The first-order valence-corrected chi connectivity index (χ1v) is 7.72. The van der Waals surface area contributed by atoms with Gasteiger partial charge in [-0.1, -0.05) is 24.3 Å². The molecule has 1 fully saturated rings. The standard InChI is InChI=1S/C17H25NO/c1-19-17-11-5-10-16(17)18-12-14-8-4-7-13-6-2-3-9-15(13)14/h2-3,6,9,14,16-18H,4-5,7-8,10-12H2,1H3. The van der Waals surface area contributed by atoms with Crippen molar-refractivity contribution in [1.29, 1.82) is 0 Å². The fourth-order valence-electron chi connectivity index (χ4n) is 3.80. The second kappa shape index (κ2) is 6.06. The third-order valence-corrected chi connectivity index (χ3v) is 4.88. The van der Waals surface area contributed by atoms with E-state index < -0.39 is 0 Å². The number of hydrogen-bond donors (Lipinski definition) is 1. The number of nitrogens with one attached hydrogen (secondary N) is 1. The highest BCUT2D eigenvalue weighted by Crippen LogP contribution is 2.31. The molecular formula is C17H25NO. The van der Waals surface area contributed by atoms with Crippen molar-refractivity contribution in [1.82, 2.24) is 5.32 Å². The number of methoxy groups -OCH3 is 1. The van der Waals surface area contributed by atoms with Crippen LogP contribution in [-0.2, 0) is 11.2 Å². The molecule has 2 heteroatoms. The highest BCUT2D eigenvalue weighted by molar-refractivity contribution is 5.32. The first kappa shape index (κ1) is 13.1. The van der Waals surface area contributed by atoms with Gasteiger partial charge in [0.05, 0.1) is 6.10 Å². The number of benzene rings is 1. The fraction of sp³-hybridized carbons (Fsp3) is 0.647. The second-order valence-electron chi connectivity index (χ2n) is 6.01. The van der Waals surface area contributed by atoms with E-state index in [1.54, 1.807) is 11.1 Å². The Morgan fingerprint density at radius 1 is 1.16 bits per heavy atom. The quantitative estimate of drug-likeness (QED) is 0.896. The Morgan fingerprint density at radius 2 is 2.05 bits per heavy atom. The lowest BCUT2D eigenvalue weighted by Crippen LogP contribution is -2.39. The highest BCUT2D eigenvalue weighted by Gasteiger charge is 2.28. The van der Waals surface area contributed by atoms with Crippen molar-refractivity contribution in [2.24, 2.45) is 0 Å². The SMILES string of the molecule is COC1CCCC1NCC1CCCc2ccccc21. The van der Waals surface area contributed by atoms with Crippen molar-refractivity contribution in [3.05, 3.63) is 35.4 Å². The molecule has 0 saturated heterocycles. The molecule has 2 nitrogen and oxygen atoms in total. The van der Waals surface area contributed by atoms with Crippen molar-refractivity contribution >= 4 is 0 Å². The maximum Gasteiger partial charge on any atom is 0.0724 e. The summed E-state index contributed by atoms with van der Waals surface area (Å²) >= 11 is 0. The normalized spacial score (nSPS) is 30.3. The van der Waals surface area contributed by atoms with Gasteiger partial charge in [0.2, 0.25) is 0 Å². The molecule has 2 aliphatic carbocycles. The third-order valence-electron chi connectivity index (χ3n) is 4.88. The summed E-state index contributed by atoms with van der Waals surface area (Å²) in [7, 11) is 1.85. The van der Waals surface area contributed by atoms with Crippen LogP contribution in [-0.4, -0.2) is 25.8 Å². The van der Waals surface area contributed by atoms with E-state index in [4.69, 9.17) is 4.74 Å².